The van der Waals surface area contributed by atoms with Crippen LogP contribution < -0.4 is 21.1 Å². The van der Waals surface area contributed by atoms with Crippen LogP contribution in [-0.4, -0.2) is 24.6 Å². The van der Waals surface area contributed by atoms with Crippen LogP contribution in [0.4, 0.5) is 11.4 Å². The molecule has 1 aromatic rings. The van der Waals surface area contributed by atoms with E-state index in [-0.39, 0.29) is 24.6 Å². The first-order valence-electron chi connectivity index (χ1n) is 6.48. The molecule has 106 valence electrons. The summed E-state index contributed by atoms with van der Waals surface area (Å²) in [5.74, 6) is 0.586. The van der Waals surface area contributed by atoms with Crippen molar-refractivity contribution in [3.63, 3.8) is 0 Å². The van der Waals surface area contributed by atoms with Gasteiger partial charge in [0.2, 0.25) is 5.91 Å². The highest BCUT2D eigenvalue weighted by atomic mass is 16.5. The highest BCUT2D eigenvalue weighted by molar-refractivity contribution is 5.81. The molecule has 0 atom stereocenters. The minimum Gasteiger partial charge on any atom is -0.489 e. The molecule has 0 saturated carbocycles. The Kier molecular flexibility index (Phi) is 5.48. The van der Waals surface area contributed by atoms with Crippen molar-refractivity contribution >= 4 is 17.3 Å². The number of rotatable bonds is 6. The lowest BCUT2D eigenvalue weighted by Gasteiger charge is -2.14. The first-order chi connectivity index (χ1) is 8.88. The van der Waals surface area contributed by atoms with E-state index in [0.29, 0.717) is 11.4 Å². The summed E-state index contributed by atoms with van der Waals surface area (Å²) in [6.45, 7) is 7.96. The summed E-state index contributed by atoms with van der Waals surface area (Å²) in [5, 5.41) is 5.86. The summed E-state index contributed by atoms with van der Waals surface area (Å²) in [4.78, 5) is 11.5. The van der Waals surface area contributed by atoms with Crippen molar-refractivity contribution in [3.8, 4) is 5.75 Å². The van der Waals surface area contributed by atoms with Crippen LogP contribution in [0.1, 0.15) is 27.7 Å². The summed E-state index contributed by atoms with van der Waals surface area (Å²) < 4.78 is 5.59. The fourth-order valence-corrected chi connectivity index (χ4v) is 1.56. The standard InChI is InChI=1S/C14H23N3O2/c1-9(2)17-14(18)8-16-11-5-6-12(15)13(7-11)19-10(3)4/h5-7,9-10,16H,8,15H2,1-4H3,(H,17,18). The zero-order valence-corrected chi connectivity index (χ0v) is 12.0. The van der Waals surface area contributed by atoms with Gasteiger partial charge < -0.3 is 21.1 Å². The predicted molar refractivity (Wildman–Crippen MR) is 78.4 cm³/mol. The van der Waals surface area contributed by atoms with Gasteiger partial charge in [0.05, 0.1) is 18.3 Å². The number of hydrogen-bond acceptors (Lipinski definition) is 4. The lowest BCUT2D eigenvalue weighted by molar-refractivity contribution is -0.119. The third kappa shape index (κ3) is 5.50. The Bertz CT molecular complexity index is 431. The van der Waals surface area contributed by atoms with E-state index in [1.807, 2.05) is 33.8 Å². The monoisotopic (exact) mass is 265 g/mol. The maximum absolute atomic E-state index is 11.5. The van der Waals surface area contributed by atoms with Crippen LogP contribution in [0.5, 0.6) is 5.75 Å². The number of carbonyl (C=O) groups excluding carboxylic acids is 1. The summed E-state index contributed by atoms with van der Waals surface area (Å²) in [5.41, 5.74) is 7.23. The molecule has 0 unspecified atom stereocenters. The van der Waals surface area contributed by atoms with Gasteiger partial charge in [-0.3, -0.25) is 4.79 Å². The zero-order chi connectivity index (χ0) is 14.4. The first-order valence-corrected chi connectivity index (χ1v) is 6.48. The second kappa shape index (κ2) is 6.87. The lowest BCUT2D eigenvalue weighted by atomic mass is 10.2. The van der Waals surface area contributed by atoms with Crippen molar-refractivity contribution in [2.24, 2.45) is 0 Å². The number of benzene rings is 1. The van der Waals surface area contributed by atoms with Gasteiger partial charge in [-0.15, -0.1) is 0 Å². The quantitative estimate of drug-likeness (QED) is 0.688. The fourth-order valence-electron chi connectivity index (χ4n) is 1.56. The van der Waals surface area contributed by atoms with Gasteiger partial charge in [-0.05, 0) is 39.8 Å². The van der Waals surface area contributed by atoms with E-state index in [1.165, 1.54) is 0 Å². The number of amides is 1. The van der Waals surface area contributed by atoms with Gasteiger partial charge in [0.25, 0.3) is 0 Å². The maximum Gasteiger partial charge on any atom is 0.239 e. The number of hydrogen-bond donors (Lipinski definition) is 3. The van der Waals surface area contributed by atoms with Crippen molar-refractivity contribution in [2.45, 2.75) is 39.8 Å². The van der Waals surface area contributed by atoms with Crippen molar-refractivity contribution in [2.75, 3.05) is 17.6 Å². The molecule has 4 N–H and O–H groups in total. The highest BCUT2D eigenvalue weighted by Crippen LogP contribution is 2.26. The Hall–Kier alpha value is -1.91. The van der Waals surface area contributed by atoms with E-state index >= 15 is 0 Å². The van der Waals surface area contributed by atoms with Crippen LogP contribution in [0, 0.1) is 0 Å². The van der Waals surface area contributed by atoms with Crippen LogP contribution in [0.3, 0.4) is 0 Å². The van der Waals surface area contributed by atoms with E-state index in [9.17, 15) is 4.79 Å². The summed E-state index contributed by atoms with van der Waals surface area (Å²) in [7, 11) is 0. The Labute approximate surface area is 114 Å². The molecule has 0 bridgehead atoms. The molecule has 0 aliphatic heterocycles. The molecule has 0 radical (unpaired) electrons. The van der Waals surface area contributed by atoms with Crippen molar-refractivity contribution < 1.29 is 9.53 Å². The molecule has 19 heavy (non-hydrogen) atoms. The zero-order valence-electron chi connectivity index (χ0n) is 12.0. The summed E-state index contributed by atoms with van der Waals surface area (Å²) in [6.07, 6.45) is 0.0572. The Balaban J connectivity index is 2.61. The first kappa shape index (κ1) is 15.1. The van der Waals surface area contributed by atoms with Gasteiger partial charge in [0.15, 0.2) is 0 Å². The molecule has 0 heterocycles. The molecule has 1 amide bonds. The molecular formula is C14H23N3O2. The molecular weight excluding hydrogens is 242 g/mol. The summed E-state index contributed by atoms with van der Waals surface area (Å²) >= 11 is 0. The fraction of sp³-hybridized carbons (Fsp3) is 0.500. The normalized spacial score (nSPS) is 10.6. The topological polar surface area (TPSA) is 76.4 Å². The highest BCUT2D eigenvalue weighted by Gasteiger charge is 2.06. The van der Waals surface area contributed by atoms with Gasteiger partial charge in [-0.1, -0.05) is 0 Å². The Morgan fingerprint density at radius 3 is 2.58 bits per heavy atom. The van der Waals surface area contributed by atoms with Gasteiger partial charge in [-0.25, -0.2) is 0 Å². The predicted octanol–water partition coefficient (Wildman–Crippen LogP) is 1.99. The minimum atomic E-state index is -0.0434. The smallest absolute Gasteiger partial charge is 0.239 e. The number of anilines is 2. The van der Waals surface area contributed by atoms with Crippen LogP contribution in [-0.2, 0) is 4.79 Å². The largest absolute Gasteiger partial charge is 0.489 e. The second-order valence-electron chi connectivity index (χ2n) is 4.99. The molecule has 0 aliphatic carbocycles. The molecule has 0 saturated heterocycles. The molecule has 1 rings (SSSR count). The van der Waals surface area contributed by atoms with E-state index < -0.39 is 0 Å². The molecule has 5 nitrogen and oxygen atoms in total. The molecule has 0 fully saturated rings. The number of nitrogens with one attached hydrogen (secondary N) is 2. The molecule has 0 aromatic heterocycles. The van der Waals surface area contributed by atoms with E-state index in [4.69, 9.17) is 10.5 Å². The second-order valence-corrected chi connectivity index (χ2v) is 4.99. The molecule has 0 spiro atoms. The van der Waals surface area contributed by atoms with E-state index in [1.54, 1.807) is 12.1 Å². The number of nitrogens with two attached hydrogens (primary N) is 1. The average molecular weight is 265 g/mol. The third-order valence-corrected chi connectivity index (χ3v) is 2.28. The molecule has 1 aromatic carbocycles. The minimum absolute atomic E-state index is 0.0434. The SMILES string of the molecule is CC(C)NC(=O)CNc1ccc(N)c(OC(C)C)c1. The van der Waals surface area contributed by atoms with Crippen molar-refractivity contribution in [1.29, 1.82) is 0 Å². The Morgan fingerprint density at radius 2 is 2.00 bits per heavy atom. The van der Waals surface area contributed by atoms with Gasteiger partial charge in [0, 0.05) is 17.8 Å². The third-order valence-electron chi connectivity index (χ3n) is 2.28. The maximum atomic E-state index is 11.5. The lowest BCUT2D eigenvalue weighted by Crippen LogP contribution is -2.34. The molecule has 0 aliphatic rings. The number of carbonyl (C=O) groups is 1. The number of nitrogen functional groups attached to an aromatic ring is 1. The van der Waals surface area contributed by atoms with Gasteiger partial charge in [0.1, 0.15) is 5.75 Å². The van der Waals surface area contributed by atoms with E-state index in [0.717, 1.165) is 5.69 Å². The summed E-state index contributed by atoms with van der Waals surface area (Å²) in [6, 6.07) is 5.53. The van der Waals surface area contributed by atoms with Crippen LogP contribution in [0.15, 0.2) is 18.2 Å². The van der Waals surface area contributed by atoms with Crippen LogP contribution >= 0.6 is 0 Å². The van der Waals surface area contributed by atoms with E-state index in [2.05, 4.69) is 10.6 Å². The molecule has 5 heteroatoms. The Morgan fingerprint density at radius 1 is 1.32 bits per heavy atom. The van der Waals surface area contributed by atoms with Gasteiger partial charge >= 0.3 is 0 Å². The number of ether oxygens (including phenoxy) is 1. The van der Waals surface area contributed by atoms with Gasteiger partial charge in [-0.2, -0.15) is 0 Å². The van der Waals surface area contributed by atoms with Crippen molar-refractivity contribution in [3.05, 3.63) is 18.2 Å². The van der Waals surface area contributed by atoms with Crippen molar-refractivity contribution in [1.82, 2.24) is 5.32 Å². The van der Waals surface area contributed by atoms with Crippen LogP contribution in [0.2, 0.25) is 0 Å². The van der Waals surface area contributed by atoms with Crippen LogP contribution in [0.25, 0.3) is 0 Å². The average Bonchev–Trinajstić information content (AvgIpc) is 2.28.